The molecule has 0 radical (unpaired) electrons. The molecule has 168 valence electrons. The Kier molecular flexibility index (Phi) is 7.18. The van der Waals surface area contributed by atoms with Gasteiger partial charge < -0.3 is 5.32 Å². The summed E-state index contributed by atoms with van der Waals surface area (Å²) in [6.07, 6.45) is 0. The second kappa shape index (κ2) is 9.53. The Morgan fingerprint density at radius 2 is 1.44 bits per heavy atom. The lowest BCUT2D eigenvalue weighted by Crippen LogP contribution is -2.38. The van der Waals surface area contributed by atoms with Crippen LogP contribution in [0.3, 0.4) is 0 Å². The number of hydrogen-bond donors (Lipinski definition) is 1. The van der Waals surface area contributed by atoms with E-state index in [4.69, 9.17) is 23.2 Å². The number of carbonyl (C=O) groups excluding carboxylic acids is 1. The molecule has 0 spiro atoms. The van der Waals surface area contributed by atoms with Gasteiger partial charge in [-0.1, -0.05) is 58.6 Å². The largest absolute Gasteiger partial charge is 0.324 e. The molecule has 5 nitrogen and oxygen atoms in total. The van der Waals surface area contributed by atoms with E-state index >= 15 is 0 Å². The van der Waals surface area contributed by atoms with E-state index in [1.54, 1.807) is 12.1 Å². The molecule has 0 atom stereocenters. The van der Waals surface area contributed by atoms with Crippen LogP contribution in [0.5, 0.6) is 0 Å². The molecule has 0 saturated carbocycles. The number of sulfonamides is 1. The number of rotatable bonds is 6. The lowest BCUT2D eigenvalue weighted by molar-refractivity contribution is -0.114. The van der Waals surface area contributed by atoms with Gasteiger partial charge in [0.25, 0.3) is 10.0 Å². The number of halogens is 2. The average molecular weight is 491 g/mol. The Morgan fingerprint density at radius 3 is 2.00 bits per heavy atom. The second-order valence-corrected chi connectivity index (χ2v) is 10.4. The zero-order chi connectivity index (χ0) is 23.6. The van der Waals surface area contributed by atoms with Crippen molar-refractivity contribution < 1.29 is 13.2 Å². The molecular formula is C24H24Cl2N2O3S. The number of nitrogens with one attached hydrogen (secondary N) is 1. The number of hydrogen-bond acceptors (Lipinski definition) is 3. The summed E-state index contributed by atoms with van der Waals surface area (Å²) in [6.45, 7) is 7.21. The summed E-state index contributed by atoms with van der Waals surface area (Å²) >= 11 is 12.2. The van der Waals surface area contributed by atoms with Crippen LogP contribution in [0.15, 0.2) is 59.5 Å². The highest BCUT2D eigenvalue weighted by Crippen LogP contribution is 2.31. The molecule has 8 heteroatoms. The first kappa shape index (κ1) is 24.1. The monoisotopic (exact) mass is 490 g/mol. The Morgan fingerprint density at radius 1 is 0.844 bits per heavy atom. The topological polar surface area (TPSA) is 66.5 Å². The Balaban J connectivity index is 2.00. The number of carbonyl (C=O) groups is 1. The highest BCUT2D eigenvalue weighted by atomic mass is 35.5. The Labute approximate surface area is 199 Å². The van der Waals surface area contributed by atoms with Crippen molar-refractivity contribution in [2.75, 3.05) is 16.2 Å². The number of anilines is 2. The molecule has 1 amide bonds. The summed E-state index contributed by atoms with van der Waals surface area (Å²) in [5.41, 5.74) is 4.72. The first-order valence-electron chi connectivity index (χ1n) is 9.91. The van der Waals surface area contributed by atoms with Gasteiger partial charge in [0.05, 0.1) is 20.6 Å². The average Bonchev–Trinajstić information content (AvgIpc) is 2.71. The van der Waals surface area contributed by atoms with Crippen LogP contribution in [-0.4, -0.2) is 20.9 Å². The SMILES string of the molecule is Cc1ccc(S(=O)(=O)N(CC(=O)Nc2c(C)cc(C)cc2C)c2ccc(Cl)c(Cl)c2)cc1. The number of aryl methyl sites for hydroxylation is 4. The molecule has 0 aromatic heterocycles. The van der Waals surface area contributed by atoms with Gasteiger partial charge in [0.2, 0.25) is 5.91 Å². The maximum atomic E-state index is 13.5. The fourth-order valence-electron chi connectivity index (χ4n) is 3.48. The van der Waals surface area contributed by atoms with Crippen LogP contribution in [0.1, 0.15) is 22.3 Å². The van der Waals surface area contributed by atoms with Crippen LogP contribution < -0.4 is 9.62 Å². The van der Waals surface area contributed by atoms with E-state index in [1.165, 1.54) is 30.3 Å². The van der Waals surface area contributed by atoms with E-state index in [-0.39, 0.29) is 15.6 Å². The fraction of sp³-hybridized carbons (Fsp3) is 0.208. The first-order valence-corrected chi connectivity index (χ1v) is 12.1. The minimum atomic E-state index is -4.04. The van der Waals surface area contributed by atoms with E-state index in [9.17, 15) is 13.2 Å². The molecule has 0 saturated heterocycles. The summed E-state index contributed by atoms with van der Waals surface area (Å²) < 4.78 is 28.0. The van der Waals surface area contributed by atoms with E-state index in [0.29, 0.717) is 10.7 Å². The van der Waals surface area contributed by atoms with Crippen LogP contribution >= 0.6 is 23.2 Å². The molecule has 3 rings (SSSR count). The minimum absolute atomic E-state index is 0.0738. The molecule has 0 heterocycles. The Hall–Kier alpha value is -2.54. The highest BCUT2D eigenvalue weighted by molar-refractivity contribution is 7.92. The molecule has 0 fully saturated rings. The van der Waals surface area contributed by atoms with Crippen molar-refractivity contribution in [3.05, 3.63) is 86.9 Å². The van der Waals surface area contributed by atoms with Crippen molar-refractivity contribution in [1.29, 1.82) is 0 Å². The highest BCUT2D eigenvalue weighted by Gasteiger charge is 2.28. The Bertz CT molecular complexity index is 1250. The van der Waals surface area contributed by atoms with Crippen LogP contribution in [0.2, 0.25) is 10.0 Å². The summed E-state index contributed by atoms with van der Waals surface area (Å²) in [6, 6.07) is 14.8. The van der Waals surface area contributed by atoms with Gasteiger partial charge in [-0.3, -0.25) is 9.10 Å². The van der Waals surface area contributed by atoms with Gasteiger partial charge in [0.15, 0.2) is 0 Å². The fourth-order valence-corrected chi connectivity index (χ4v) is 5.18. The molecule has 3 aromatic carbocycles. The third-order valence-electron chi connectivity index (χ3n) is 5.03. The lowest BCUT2D eigenvalue weighted by atomic mass is 10.1. The molecule has 0 unspecified atom stereocenters. The quantitative estimate of drug-likeness (QED) is 0.456. The molecule has 32 heavy (non-hydrogen) atoms. The second-order valence-electron chi connectivity index (χ2n) is 7.75. The van der Waals surface area contributed by atoms with Crippen molar-refractivity contribution in [3.8, 4) is 0 Å². The predicted molar refractivity (Wildman–Crippen MR) is 131 cm³/mol. The molecular weight excluding hydrogens is 467 g/mol. The van der Waals surface area contributed by atoms with Crippen molar-refractivity contribution >= 4 is 50.5 Å². The standard InChI is InChI=1S/C24H24Cl2N2O3S/c1-15-5-8-20(9-6-15)32(30,31)28(19-7-10-21(25)22(26)13-19)14-23(29)27-24-17(3)11-16(2)12-18(24)4/h5-13H,14H2,1-4H3,(H,27,29). The normalized spacial score (nSPS) is 11.3. The van der Waals surface area contributed by atoms with Crippen molar-refractivity contribution in [3.63, 3.8) is 0 Å². The number of benzene rings is 3. The molecule has 0 bridgehead atoms. The maximum Gasteiger partial charge on any atom is 0.264 e. The van der Waals surface area contributed by atoms with E-state index in [0.717, 1.165) is 26.6 Å². The summed E-state index contributed by atoms with van der Waals surface area (Å²) in [5.74, 6) is -0.471. The third kappa shape index (κ3) is 5.26. The summed E-state index contributed by atoms with van der Waals surface area (Å²) in [4.78, 5) is 13.1. The predicted octanol–water partition coefficient (Wildman–Crippen LogP) is 6.06. The van der Waals surface area contributed by atoms with Gasteiger partial charge in [-0.05, 0) is 69.2 Å². The number of nitrogens with zero attached hydrogens (tertiary/aromatic N) is 1. The van der Waals surface area contributed by atoms with Crippen LogP contribution in [0, 0.1) is 27.7 Å². The van der Waals surface area contributed by atoms with Crippen LogP contribution in [-0.2, 0) is 14.8 Å². The van der Waals surface area contributed by atoms with Crippen molar-refractivity contribution in [2.24, 2.45) is 0 Å². The van der Waals surface area contributed by atoms with Gasteiger partial charge in [-0.2, -0.15) is 0 Å². The van der Waals surface area contributed by atoms with E-state index in [1.807, 2.05) is 39.8 Å². The van der Waals surface area contributed by atoms with Crippen LogP contribution in [0.4, 0.5) is 11.4 Å². The molecule has 0 aliphatic rings. The zero-order valence-electron chi connectivity index (χ0n) is 18.2. The minimum Gasteiger partial charge on any atom is -0.324 e. The molecule has 0 aliphatic carbocycles. The van der Waals surface area contributed by atoms with Gasteiger partial charge in [-0.25, -0.2) is 8.42 Å². The van der Waals surface area contributed by atoms with Gasteiger partial charge >= 0.3 is 0 Å². The summed E-state index contributed by atoms with van der Waals surface area (Å²) in [5, 5.41) is 3.34. The van der Waals surface area contributed by atoms with Gasteiger partial charge in [0, 0.05) is 5.69 Å². The smallest absolute Gasteiger partial charge is 0.264 e. The number of amides is 1. The third-order valence-corrected chi connectivity index (χ3v) is 7.56. The van der Waals surface area contributed by atoms with Crippen molar-refractivity contribution in [2.45, 2.75) is 32.6 Å². The lowest BCUT2D eigenvalue weighted by Gasteiger charge is -2.25. The summed E-state index contributed by atoms with van der Waals surface area (Å²) in [7, 11) is -4.04. The molecule has 3 aromatic rings. The first-order chi connectivity index (χ1) is 15.0. The van der Waals surface area contributed by atoms with Gasteiger partial charge in [0.1, 0.15) is 6.54 Å². The van der Waals surface area contributed by atoms with Crippen LogP contribution in [0.25, 0.3) is 0 Å². The van der Waals surface area contributed by atoms with E-state index < -0.39 is 22.5 Å². The van der Waals surface area contributed by atoms with Crippen molar-refractivity contribution in [1.82, 2.24) is 0 Å². The maximum absolute atomic E-state index is 13.5. The zero-order valence-corrected chi connectivity index (χ0v) is 20.6. The molecule has 1 N–H and O–H groups in total. The molecule has 0 aliphatic heterocycles. The van der Waals surface area contributed by atoms with Gasteiger partial charge in [-0.15, -0.1) is 0 Å². The van der Waals surface area contributed by atoms with E-state index in [2.05, 4.69) is 5.32 Å².